The molecule has 1 aromatic heterocycles. The number of carbonyl (C=O) groups is 1. The zero-order valence-corrected chi connectivity index (χ0v) is 14.4. The van der Waals surface area contributed by atoms with Crippen LogP contribution in [0.3, 0.4) is 0 Å². The van der Waals surface area contributed by atoms with E-state index >= 15 is 0 Å². The van der Waals surface area contributed by atoms with Crippen LogP contribution in [-0.4, -0.2) is 61.0 Å². The average molecular weight is 324 g/mol. The summed E-state index contributed by atoms with van der Waals surface area (Å²) in [7, 11) is 3.98. The molecule has 1 aliphatic heterocycles. The van der Waals surface area contributed by atoms with Gasteiger partial charge in [0.15, 0.2) is 0 Å². The lowest BCUT2D eigenvalue weighted by molar-refractivity contribution is 0.0628. The van der Waals surface area contributed by atoms with E-state index < -0.39 is 0 Å². The molecular weight excluding hydrogens is 300 g/mol. The Bertz CT molecular complexity index is 679. The largest absolute Gasteiger partial charge is 0.378 e. The topological polar surface area (TPSA) is 39.7 Å². The summed E-state index contributed by atoms with van der Waals surface area (Å²) in [6.07, 6.45) is 3.65. The highest BCUT2D eigenvalue weighted by atomic mass is 16.2. The molecule has 1 aromatic carbocycles. The Morgan fingerprint density at radius 2 is 1.79 bits per heavy atom. The van der Waals surface area contributed by atoms with Crippen LogP contribution in [0.4, 0.5) is 5.69 Å². The summed E-state index contributed by atoms with van der Waals surface area (Å²) in [5.74, 6) is 0.127. The number of benzene rings is 1. The highest BCUT2D eigenvalue weighted by Gasteiger charge is 2.22. The van der Waals surface area contributed by atoms with E-state index in [1.165, 1.54) is 5.56 Å². The first-order valence-corrected chi connectivity index (χ1v) is 8.31. The molecule has 1 saturated heterocycles. The molecule has 0 N–H and O–H groups in total. The second kappa shape index (κ2) is 7.45. The lowest BCUT2D eigenvalue weighted by atomic mass is 10.1. The molecule has 2 aromatic rings. The van der Waals surface area contributed by atoms with Crippen molar-refractivity contribution in [1.29, 1.82) is 0 Å². The Morgan fingerprint density at radius 1 is 1.08 bits per heavy atom. The number of aromatic nitrogens is 1. The molecule has 5 nitrogen and oxygen atoms in total. The van der Waals surface area contributed by atoms with Gasteiger partial charge in [-0.05, 0) is 35.9 Å². The van der Waals surface area contributed by atoms with Gasteiger partial charge in [-0.15, -0.1) is 0 Å². The van der Waals surface area contributed by atoms with Crippen LogP contribution in [0.25, 0.3) is 0 Å². The van der Waals surface area contributed by atoms with Gasteiger partial charge < -0.3 is 9.80 Å². The molecule has 0 bridgehead atoms. The van der Waals surface area contributed by atoms with Crippen molar-refractivity contribution in [3.05, 3.63) is 59.9 Å². The van der Waals surface area contributed by atoms with E-state index in [-0.39, 0.29) is 5.91 Å². The Hall–Kier alpha value is -2.40. The minimum Gasteiger partial charge on any atom is -0.378 e. The fourth-order valence-corrected chi connectivity index (χ4v) is 2.96. The van der Waals surface area contributed by atoms with Crippen molar-refractivity contribution in [2.45, 2.75) is 6.54 Å². The van der Waals surface area contributed by atoms with Gasteiger partial charge in [0.2, 0.25) is 0 Å². The highest BCUT2D eigenvalue weighted by Crippen LogP contribution is 2.16. The molecule has 0 atom stereocenters. The molecule has 0 spiro atoms. The highest BCUT2D eigenvalue weighted by molar-refractivity contribution is 5.95. The lowest BCUT2D eigenvalue weighted by Gasteiger charge is -2.35. The third-order valence-electron chi connectivity index (χ3n) is 4.42. The number of hydrogen-bond donors (Lipinski definition) is 0. The van der Waals surface area contributed by atoms with E-state index in [9.17, 15) is 4.79 Å². The van der Waals surface area contributed by atoms with Gasteiger partial charge in [0, 0.05) is 70.5 Å². The van der Waals surface area contributed by atoms with Crippen molar-refractivity contribution < 1.29 is 4.79 Å². The van der Waals surface area contributed by atoms with E-state index in [4.69, 9.17) is 0 Å². The Balaban J connectivity index is 1.58. The summed E-state index contributed by atoms with van der Waals surface area (Å²) in [4.78, 5) is 23.1. The van der Waals surface area contributed by atoms with Gasteiger partial charge in [-0.3, -0.25) is 14.7 Å². The maximum atomic E-state index is 12.7. The monoisotopic (exact) mass is 324 g/mol. The predicted octanol–water partition coefficient (Wildman–Crippen LogP) is 2.11. The third-order valence-corrected chi connectivity index (χ3v) is 4.42. The molecular formula is C19H24N4O. The number of hydrogen-bond acceptors (Lipinski definition) is 4. The van der Waals surface area contributed by atoms with Gasteiger partial charge in [0.25, 0.3) is 5.91 Å². The molecule has 1 fully saturated rings. The minimum absolute atomic E-state index is 0.127. The van der Waals surface area contributed by atoms with Crippen LogP contribution >= 0.6 is 0 Å². The van der Waals surface area contributed by atoms with Gasteiger partial charge in [0.1, 0.15) is 0 Å². The SMILES string of the molecule is CN(C)c1cccc(C(=O)N2CCN(Cc3ccncc3)CC2)c1. The lowest BCUT2D eigenvalue weighted by Crippen LogP contribution is -2.48. The summed E-state index contributed by atoms with van der Waals surface area (Å²) in [6, 6.07) is 11.9. The van der Waals surface area contributed by atoms with E-state index in [2.05, 4.69) is 9.88 Å². The molecule has 0 unspecified atom stereocenters. The molecule has 3 rings (SSSR count). The number of rotatable bonds is 4. The first-order valence-electron chi connectivity index (χ1n) is 8.31. The number of amides is 1. The van der Waals surface area contributed by atoms with Crippen LogP contribution in [0.5, 0.6) is 0 Å². The van der Waals surface area contributed by atoms with E-state index in [1.807, 2.05) is 72.7 Å². The van der Waals surface area contributed by atoms with Crippen molar-refractivity contribution >= 4 is 11.6 Å². The predicted molar refractivity (Wildman–Crippen MR) is 96.2 cm³/mol. The summed E-state index contributed by atoms with van der Waals surface area (Å²) in [5, 5.41) is 0. The summed E-state index contributed by atoms with van der Waals surface area (Å²) in [5.41, 5.74) is 3.09. The van der Waals surface area contributed by atoms with Crippen molar-refractivity contribution in [2.75, 3.05) is 45.2 Å². The molecule has 5 heteroatoms. The zero-order chi connectivity index (χ0) is 16.9. The Morgan fingerprint density at radius 3 is 2.46 bits per heavy atom. The first-order chi connectivity index (χ1) is 11.6. The standard InChI is InChI=1S/C19H24N4O/c1-21(2)18-5-3-4-17(14-18)19(24)23-12-10-22(11-13-23)15-16-6-8-20-9-7-16/h3-9,14H,10-13,15H2,1-2H3. The van der Waals surface area contributed by atoms with Crippen molar-refractivity contribution in [3.8, 4) is 0 Å². The minimum atomic E-state index is 0.127. The average Bonchev–Trinajstić information content (AvgIpc) is 2.63. The summed E-state index contributed by atoms with van der Waals surface area (Å²) < 4.78 is 0. The Kier molecular flexibility index (Phi) is 5.11. The summed E-state index contributed by atoms with van der Waals surface area (Å²) in [6.45, 7) is 4.27. The second-order valence-corrected chi connectivity index (χ2v) is 6.37. The van der Waals surface area contributed by atoms with Gasteiger partial charge in [-0.25, -0.2) is 0 Å². The number of anilines is 1. The van der Waals surface area contributed by atoms with Crippen LogP contribution in [0, 0.1) is 0 Å². The first kappa shape index (κ1) is 16.5. The second-order valence-electron chi connectivity index (χ2n) is 6.37. The van der Waals surface area contributed by atoms with Crippen LogP contribution in [0.1, 0.15) is 15.9 Å². The van der Waals surface area contributed by atoms with Gasteiger partial charge >= 0.3 is 0 Å². The van der Waals surface area contributed by atoms with E-state index in [1.54, 1.807) is 0 Å². The maximum Gasteiger partial charge on any atom is 0.254 e. The number of carbonyl (C=O) groups excluding carboxylic acids is 1. The quantitative estimate of drug-likeness (QED) is 0.863. The maximum absolute atomic E-state index is 12.7. The molecule has 0 aliphatic carbocycles. The number of nitrogens with zero attached hydrogens (tertiary/aromatic N) is 4. The van der Waals surface area contributed by atoms with Crippen LogP contribution < -0.4 is 4.90 Å². The normalized spacial score (nSPS) is 15.3. The fraction of sp³-hybridized carbons (Fsp3) is 0.368. The van der Waals surface area contributed by atoms with Gasteiger partial charge in [0.05, 0.1) is 0 Å². The molecule has 24 heavy (non-hydrogen) atoms. The summed E-state index contributed by atoms with van der Waals surface area (Å²) >= 11 is 0. The van der Waals surface area contributed by atoms with Crippen molar-refractivity contribution in [2.24, 2.45) is 0 Å². The fourth-order valence-electron chi connectivity index (χ4n) is 2.96. The van der Waals surface area contributed by atoms with Gasteiger partial charge in [-0.2, -0.15) is 0 Å². The molecule has 126 valence electrons. The van der Waals surface area contributed by atoms with Gasteiger partial charge in [-0.1, -0.05) is 6.07 Å². The molecule has 2 heterocycles. The van der Waals surface area contributed by atoms with E-state index in [0.717, 1.165) is 44.0 Å². The molecule has 1 amide bonds. The smallest absolute Gasteiger partial charge is 0.254 e. The van der Waals surface area contributed by atoms with Crippen LogP contribution in [0.2, 0.25) is 0 Å². The third kappa shape index (κ3) is 3.92. The number of pyridine rings is 1. The number of piperazine rings is 1. The zero-order valence-electron chi connectivity index (χ0n) is 14.4. The molecule has 0 saturated carbocycles. The molecule has 1 aliphatic rings. The van der Waals surface area contributed by atoms with E-state index in [0.29, 0.717) is 0 Å². The van der Waals surface area contributed by atoms with Crippen LogP contribution in [0.15, 0.2) is 48.8 Å². The van der Waals surface area contributed by atoms with Crippen molar-refractivity contribution in [3.63, 3.8) is 0 Å². The Labute approximate surface area is 143 Å². The van der Waals surface area contributed by atoms with Crippen molar-refractivity contribution in [1.82, 2.24) is 14.8 Å². The van der Waals surface area contributed by atoms with Crippen LogP contribution in [-0.2, 0) is 6.54 Å². The molecule has 0 radical (unpaired) electrons.